The normalized spacial score (nSPS) is 18.9. The van der Waals surface area contributed by atoms with Crippen molar-refractivity contribution >= 4 is 17.4 Å². The fraction of sp³-hybridized carbons (Fsp3) is 0.600. The molecule has 1 aliphatic heterocycles. The number of aryl methyl sites for hydroxylation is 2. The van der Waals surface area contributed by atoms with Crippen molar-refractivity contribution in [3.05, 3.63) is 23.3 Å². The van der Waals surface area contributed by atoms with Gasteiger partial charge < -0.3 is 10.2 Å². The summed E-state index contributed by atoms with van der Waals surface area (Å²) in [7, 11) is 4.29. The second kappa shape index (κ2) is 5.98. The topological polar surface area (TPSA) is 15.3 Å². The summed E-state index contributed by atoms with van der Waals surface area (Å²) in [6.07, 6.45) is 2.53. The second-order valence-corrected chi connectivity index (χ2v) is 6.23. The number of thioether (sulfide) groups is 1. The lowest BCUT2D eigenvalue weighted by atomic mass is 10.1. The number of hydrogen-bond acceptors (Lipinski definition) is 3. The predicted molar refractivity (Wildman–Crippen MR) is 82.0 cm³/mol. The lowest BCUT2D eigenvalue weighted by Gasteiger charge is -2.37. The first-order chi connectivity index (χ1) is 8.65. The summed E-state index contributed by atoms with van der Waals surface area (Å²) in [5.41, 5.74) is 4.28. The first kappa shape index (κ1) is 13.8. The van der Waals surface area contributed by atoms with Crippen molar-refractivity contribution in [2.45, 2.75) is 37.6 Å². The van der Waals surface area contributed by atoms with Gasteiger partial charge in [0.05, 0.1) is 5.69 Å². The predicted octanol–water partition coefficient (Wildman–Crippen LogP) is 3.21. The molecule has 18 heavy (non-hydrogen) atoms. The van der Waals surface area contributed by atoms with Crippen LogP contribution in [0, 0.1) is 13.8 Å². The highest BCUT2D eigenvalue weighted by atomic mass is 32.2. The zero-order valence-electron chi connectivity index (χ0n) is 11.9. The number of anilines is 1. The average Bonchev–Trinajstić information content (AvgIpc) is 2.36. The number of nitrogens with one attached hydrogen (secondary N) is 1. The van der Waals surface area contributed by atoms with E-state index < -0.39 is 0 Å². The number of nitrogens with zero attached hydrogens (tertiary/aromatic N) is 1. The lowest BCUT2D eigenvalue weighted by molar-refractivity contribution is 0.576. The van der Waals surface area contributed by atoms with Crippen LogP contribution in [0.25, 0.3) is 0 Å². The van der Waals surface area contributed by atoms with E-state index in [1.807, 2.05) is 18.8 Å². The Labute approximate surface area is 115 Å². The Morgan fingerprint density at radius 3 is 2.78 bits per heavy atom. The quantitative estimate of drug-likeness (QED) is 0.841. The van der Waals surface area contributed by atoms with Gasteiger partial charge in [-0.15, -0.1) is 11.8 Å². The molecule has 100 valence electrons. The summed E-state index contributed by atoms with van der Waals surface area (Å²) in [6.45, 7) is 5.57. The zero-order valence-corrected chi connectivity index (χ0v) is 12.7. The SMILES string of the molecule is CNCCCC1CSc2c(C)ccc(C)c2N1C. The minimum Gasteiger partial charge on any atom is -0.370 e. The van der Waals surface area contributed by atoms with Gasteiger partial charge in [0.2, 0.25) is 0 Å². The highest BCUT2D eigenvalue weighted by molar-refractivity contribution is 7.99. The number of rotatable bonds is 4. The smallest absolute Gasteiger partial charge is 0.0537 e. The van der Waals surface area contributed by atoms with Gasteiger partial charge in [0.25, 0.3) is 0 Å². The average molecular weight is 264 g/mol. The van der Waals surface area contributed by atoms with Crippen LogP contribution in [0.3, 0.4) is 0 Å². The zero-order chi connectivity index (χ0) is 13.1. The molecule has 1 aliphatic rings. The van der Waals surface area contributed by atoms with E-state index in [9.17, 15) is 0 Å². The van der Waals surface area contributed by atoms with Crippen LogP contribution in [0.5, 0.6) is 0 Å². The molecule has 0 spiro atoms. The van der Waals surface area contributed by atoms with E-state index in [2.05, 4.69) is 43.2 Å². The van der Waals surface area contributed by atoms with Gasteiger partial charge in [-0.25, -0.2) is 0 Å². The molecular formula is C15H24N2S. The van der Waals surface area contributed by atoms with E-state index >= 15 is 0 Å². The maximum absolute atomic E-state index is 3.24. The first-order valence-corrected chi connectivity index (χ1v) is 7.74. The van der Waals surface area contributed by atoms with Crippen LogP contribution in [-0.2, 0) is 0 Å². The molecule has 0 saturated heterocycles. The minimum atomic E-state index is 0.677. The molecule has 1 aromatic rings. The summed E-state index contributed by atoms with van der Waals surface area (Å²) < 4.78 is 0. The molecule has 0 bridgehead atoms. The molecule has 0 fully saturated rings. The molecule has 0 radical (unpaired) electrons. The molecule has 1 aromatic carbocycles. The Hall–Kier alpha value is -0.670. The van der Waals surface area contributed by atoms with Crippen LogP contribution in [0.1, 0.15) is 24.0 Å². The van der Waals surface area contributed by atoms with E-state index in [0.717, 1.165) is 6.54 Å². The number of fused-ring (bicyclic) bond motifs is 1. The molecule has 0 amide bonds. The molecular weight excluding hydrogens is 240 g/mol. The van der Waals surface area contributed by atoms with Crippen LogP contribution >= 0.6 is 11.8 Å². The van der Waals surface area contributed by atoms with E-state index in [4.69, 9.17) is 0 Å². The third-order valence-corrected chi connectivity index (χ3v) is 5.17. The van der Waals surface area contributed by atoms with Crippen molar-refractivity contribution in [3.8, 4) is 0 Å². The van der Waals surface area contributed by atoms with Gasteiger partial charge in [0, 0.05) is 23.7 Å². The minimum absolute atomic E-state index is 0.677. The number of benzene rings is 1. The molecule has 1 N–H and O–H groups in total. The molecule has 3 heteroatoms. The van der Waals surface area contributed by atoms with Gasteiger partial charge >= 0.3 is 0 Å². The van der Waals surface area contributed by atoms with Gasteiger partial charge in [0.15, 0.2) is 0 Å². The Kier molecular flexibility index (Phi) is 4.57. The molecule has 2 rings (SSSR count). The van der Waals surface area contributed by atoms with Gasteiger partial charge in [-0.05, 0) is 51.4 Å². The van der Waals surface area contributed by atoms with Crippen LogP contribution in [0.4, 0.5) is 5.69 Å². The van der Waals surface area contributed by atoms with Crippen molar-refractivity contribution in [3.63, 3.8) is 0 Å². The molecule has 0 aromatic heterocycles. The monoisotopic (exact) mass is 264 g/mol. The third-order valence-electron chi connectivity index (χ3n) is 3.81. The second-order valence-electron chi connectivity index (χ2n) is 5.20. The fourth-order valence-electron chi connectivity index (χ4n) is 2.66. The molecule has 0 aliphatic carbocycles. The van der Waals surface area contributed by atoms with Crippen LogP contribution in [-0.4, -0.2) is 32.4 Å². The van der Waals surface area contributed by atoms with Gasteiger partial charge in [-0.2, -0.15) is 0 Å². The highest BCUT2D eigenvalue weighted by Crippen LogP contribution is 2.41. The summed E-state index contributed by atoms with van der Waals surface area (Å²) in [6, 6.07) is 5.17. The largest absolute Gasteiger partial charge is 0.370 e. The fourth-order valence-corrected chi connectivity index (χ4v) is 4.14. The van der Waals surface area contributed by atoms with Crippen LogP contribution in [0.2, 0.25) is 0 Å². The van der Waals surface area contributed by atoms with Gasteiger partial charge in [-0.1, -0.05) is 12.1 Å². The lowest BCUT2D eigenvalue weighted by Crippen LogP contribution is -2.37. The molecule has 1 unspecified atom stereocenters. The van der Waals surface area contributed by atoms with E-state index in [-0.39, 0.29) is 0 Å². The van der Waals surface area contributed by atoms with E-state index in [1.54, 1.807) is 0 Å². The van der Waals surface area contributed by atoms with E-state index in [0.29, 0.717) is 6.04 Å². The summed E-state index contributed by atoms with van der Waals surface area (Å²) in [5, 5.41) is 3.24. The maximum atomic E-state index is 3.24. The van der Waals surface area contributed by atoms with E-state index in [1.165, 1.54) is 40.3 Å². The first-order valence-electron chi connectivity index (χ1n) is 6.75. The number of hydrogen-bond donors (Lipinski definition) is 1. The Morgan fingerprint density at radius 2 is 2.06 bits per heavy atom. The van der Waals surface area contributed by atoms with Crippen LogP contribution < -0.4 is 10.2 Å². The summed E-state index contributed by atoms with van der Waals surface area (Å²) >= 11 is 2.04. The van der Waals surface area contributed by atoms with Crippen molar-refractivity contribution in [2.24, 2.45) is 0 Å². The van der Waals surface area contributed by atoms with Gasteiger partial charge in [-0.3, -0.25) is 0 Å². The summed E-state index contributed by atoms with van der Waals surface area (Å²) in [4.78, 5) is 3.99. The summed E-state index contributed by atoms with van der Waals surface area (Å²) in [5.74, 6) is 1.22. The Bertz CT molecular complexity index is 417. The van der Waals surface area contributed by atoms with Crippen molar-refractivity contribution < 1.29 is 0 Å². The van der Waals surface area contributed by atoms with Crippen molar-refractivity contribution in [1.82, 2.24) is 5.32 Å². The molecule has 0 saturated carbocycles. The molecule has 1 heterocycles. The van der Waals surface area contributed by atoms with Crippen LogP contribution in [0.15, 0.2) is 17.0 Å². The maximum Gasteiger partial charge on any atom is 0.0537 e. The van der Waals surface area contributed by atoms with Crippen molar-refractivity contribution in [2.75, 3.05) is 31.3 Å². The standard InChI is InChI=1S/C15H24N2S/c1-11-7-8-12(2)15-14(11)17(4)13(10-18-15)6-5-9-16-3/h7-8,13,16H,5-6,9-10H2,1-4H3. The third kappa shape index (κ3) is 2.67. The molecule has 2 nitrogen and oxygen atoms in total. The van der Waals surface area contributed by atoms with Crippen molar-refractivity contribution in [1.29, 1.82) is 0 Å². The Balaban J connectivity index is 2.17. The molecule has 1 atom stereocenters. The Morgan fingerprint density at radius 1 is 1.33 bits per heavy atom. The highest BCUT2D eigenvalue weighted by Gasteiger charge is 2.25. The van der Waals surface area contributed by atoms with Gasteiger partial charge in [0.1, 0.15) is 0 Å².